The number of fused-ring (bicyclic) bond motifs is 5. The summed E-state index contributed by atoms with van der Waals surface area (Å²) in [7, 11) is 0. The number of aliphatic hydroxyl groups is 1. The molecule has 1 aliphatic heterocycles. The normalized spacial score (nSPS) is 26.0. The number of ether oxygens (including phenoxy) is 1. The highest BCUT2D eigenvalue weighted by Crippen LogP contribution is 2.45. The van der Waals surface area contributed by atoms with Crippen molar-refractivity contribution in [2.45, 2.75) is 24.8 Å². The molecule has 1 amide bonds. The Morgan fingerprint density at radius 3 is 2.27 bits per heavy atom. The Labute approximate surface area is 153 Å². The summed E-state index contributed by atoms with van der Waals surface area (Å²) < 4.78 is 5.77. The number of hydrogen-bond donors (Lipinski definition) is 1. The summed E-state index contributed by atoms with van der Waals surface area (Å²) in [4.78, 5) is 14.5. The van der Waals surface area contributed by atoms with Gasteiger partial charge in [0, 0.05) is 25.1 Å². The van der Waals surface area contributed by atoms with Crippen molar-refractivity contribution < 1.29 is 14.6 Å². The minimum atomic E-state index is -0.198. The molecule has 3 aliphatic rings. The zero-order valence-corrected chi connectivity index (χ0v) is 14.7. The summed E-state index contributed by atoms with van der Waals surface area (Å²) in [6, 6.07) is 17.0. The Hall–Kier alpha value is -2.33. The molecule has 2 fully saturated rings. The number of carbonyl (C=O) groups excluding carboxylic acids is 1. The average molecular weight is 349 g/mol. The molecule has 1 N–H and O–H groups in total. The van der Waals surface area contributed by atoms with Gasteiger partial charge in [0.15, 0.2) is 0 Å². The van der Waals surface area contributed by atoms with Gasteiger partial charge in [0.05, 0.1) is 0 Å². The van der Waals surface area contributed by atoms with Gasteiger partial charge in [-0.15, -0.1) is 0 Å². The third kappa shape index (κ3) is 2.36. The minimum Gasteiger partial charge on any atom is -0.448 e. The molecular formula is C22H23NO3. The third-order valence-electron chi connectivity index (χ3n) is 6.49. The van der Waals surface area contributed by atoms with Gasteiger partial charge in [0.25, 0.3) is 0 Å². The first-order valence-electron chi connectivity index (χ1n) is 9.48. The van der Waals surface area contributed by atoms with Gasteiger partial charge in [-0.1, -0.05) is 48.5 Å². The number of nitrogens with zero attached hydrogens (tertiary/aromatic N) is 1. The molecule has 2 bridgehead atoms. The van der Waals surface area contributed by atoms with E-state index in [4.69, 9.17) is 4.74 Å². The highest BCUT2D eigenvalue weighted by Gasteiger charge is 2.46. The molecule has 1 saturated carbocycles. The van der Waals surface area contributed by atoms with Crippen LogP contribution in [-0.2, 0) is 4.74 Å². The van der Waals surface area contributed by atoms with E-state index in [9.17, 15) is 9.90 Å². The zero-order valence-electron chi connectivity index (χ0n) is 14.7. The minimum absolute atomic E-state index is 0.108. The fourth-order valence-electron chi connectivity index (χ4n) is 5.18. The van der Waals surface area contributed by atoms with E-state index in [-0.39, 0.29) is 24.7 Å². The van der Waals surface area contributed by atoms with E-state index in [2.05, 4.69) is 36.4 Å². The van der Waals surface area contributed by atoms with Gasteiger partial charge in [0.1, 0.15) is 6.61 Å². The molecule has 2 aromatic carbocycles. The van der Waals surface area contributed by atoms with Crippen molar-refractivity contribution in [2.24, 2.45) is 11.8 Å². The van der Waals surface area contributed by atoms with Crippen LogP contribution in [0.4, 0.5) is 4.79 Å². The molecule has 2 aromatic rings. The second kappa shape index (κ2) is 6.13. The summed E-state index contributed by atoms with van der Waals surface area (Å²) in [5, 5.41) is 9.41. The first-order valence-corrected chi connectivity index (χ1v) is 9.48. The van der Waals surface area contributed by atoms with E-state index < -0.39 is 0 Å². The van der Waals surface area contributed by atoms with Gasteiger partial charge in [-0.25, -0.2) is 4.79 Å². The van der Waals surface area contributed by atoms with Crippen LogP contribution in [0.1, 0.15) is 29.9 Å². The predicted octanol–water partition coefficient (Wildman–Crippen LogP) is 3.64. The SMILES string of the molecule is O=C(OCC1c2ccccc2-c2ccccc21)N1C[C@@H]2C[C@H]1C[C@H]2CO. The lowest BCUT2D eigenvalue weighted by molar-refractivity contribution is 0.0735. The van der Waals surface area contributed by atoms with Crippen molar-refractivity contribution in [1.82, 2.24) is 4.90 Å². The highest BCUT2D eigenvalue weighted by atomic mass is 16.6. The summed E-state index contributed by atoms with van der Waals surface area (Å²) in [5.74, 6) is 0.902. The molecule has 134 valence electrons. The number of rotatable bonds is 3. The second-order valence-corrected chi connectivity index (χ2v) is 7.78. The molecule has 0 spiro atoms. The molecule has 0 aromatic heterocycles. The van der Waals surface area contributed by atoms with E-state index >= 15 is 0 Å². The number of piperidine rings is 1. The van der Waals surface area contributed by atoms with E-state index in [0.29, 0.717) is 18.4 Å². The number of carbonyl (C=O) groups is 1. The Morgan fingerprint density at radius 2 is 1.69 bits per heavy atom. The fraction of sp³-hybridized carbons (Fsp3) is 0.409. The van der Waals surface area contributed by atoms with Gasteiger partial charge in [-0.2, -0.15) is 0 Å². The van der Waals surface area contributed by atoms with Crippen LogP contribution >= 0.6 is 0 Å². The summed E-state index contributed by atoms with van der Waals surface area (Å²) in [5.41, 5.74) is 4.97. The van der Waals surface area contributed by atoms with Crippen molar-refractivity contribution in [1.29, 1.82) is 0 Å². The Kier molecular flexibility index (Phi) is 3.75. The molecule has 2 aliphatic carbocycles. The van der Waals surface area contributed by atoms with Crippen molar-refractivity contribution in [3.05, 3.63) is 59.7 Å². The molecule has 3 atom stereocenters. The molecule has 0 radical (unpaired) electrons. The van der Waals surface area contributed by atoms with Crippen LogP contribution in [0.5, 0.6) is 0 Å². The van der Waals surface area contributed by atoms with Crippen LogP contribution in [-0.4, -0.2) is 41.9 Å². The Balaban J connectivity index is 1.31. The molecule has 1 heterocycles. The molecule has 4 nitrogen and oxygen atoms in total. The average Bonchev–Trinajstić information content (AvgIpc) is 3.37. The van der Waals surface area contributed by atoms with Crippen LogP contribution < -0.4 is 0 Å². The largest absolute Gasteiger partial charge is 0.448 e. The first kappa shape index (κ1) is 15.9. The van der Waals surface area contributed by atoms with Gasteiger partial charge in [-0.05, 0) is 46.9 Å². The summed E-state index contributed by atoms with van der Waals surface area (Å²) in [6.45, 7) is 1.34. The second-order valence-electron chi connectivity index (χ2n) is 7.78. The van der Waals surface area contributed by atoms with Crippen LogP contribution in [0, 0.1) is 11.8 Å². The van der Waals surface area contributed by atoms with Crippen molar-refractivity contribution in [2.75, 3.05) is 19.8 Å². The van der Waals surface area contributed by atoms with Crippen LogP contribution in [0.3, 0.4) is 0 Å². The van der Waals surface area contributed by atoms with Gasteiger partial charge < -0.3 is 14.7 Å². The van der Waals surface area contributed by atoms with Gasteiger partial charge in [-0.3, -0.25) is 0 Å². The van der Waals surface area contributed by atoms with Gasteiger partial charge in [0.2, 0.25) is 0 Å². The maximum atomic E-state index is 12.7. The number of benzene rings is 2. The maximum Gasteiger partial charge on any atom is 0.410 e. The predicted molar refractivity (Wildman–Crippen MR) is 98.9 cm³/mol. The topological polar surface area (TPSA) is 49.8 Å². The van der Waals surface area contributed by atoms with Crippen LogP contribution in [0.2, 0.25) is 0 Å². The van der Waals surface area contributed by atoms with Crippen LogP contribution in [0.25, 0.3) is 11.1 Å². The molecule has 26 heavy (non-hydrogen) atoms. The first-order chi connectivity index (χ1) is 12.8. The summed E-state index contributed by atoms with van der Waals surface area (Å²) >= 11 is 0. The zero-order chi connectivity index (χ0) is 17.7. The summed E-state index contributed by atoms with van der Waals surface area (Å²) in [6.07, 6.45) is 1.72. The molecule has 5 rings (SSSR count). The number of likely N-dealkylation sites (tertiary alicyclic amines) is 1. The van der Waals surface area contributed by atoms with Crippen molar-refractivity contribution in [3.8, 4) is 11.1 Å². The lowest BCUT2D eigenvalue weighted by atomic mass is 9.96. The monoisotopic (exact) mass is 349 g/mol. The smallest absolute Gasteiger partial charge is 0.410 e. The van der Waals surface area contributed by atoms with Gasteiger partial charge >= 0.3 is 6.09 Å². The van der Waals surface area contributed by atoms with Crippen molar-refractivity contribution >= 4 is 6.09 Å². The maximum absolute atomic E-state index is 12.7. The van der Waals surface area contributed by atoms with E-state index in [0.717, 1.165) is 19.4 Å². The van der Waals surface area contributed by atoms with E-state index in [1.165, 1.54) is 22.3 Å². The molecule has 1 saturated heterocycles. The molecular weight excluding hydrogens is 326 g/mol. The molecule has 0 unspecified atom stereocenters. The Morgan fingerprint density at radius 1 is 1.04 bits per heavy atom. The quantitative estimate of drug-likeness (QED) is 0.920. The van der Waals surface area contributed by atoms with Crippen LogP contribution in [0.15, 0.2) is 48.5 Å². The van der Waals surface area contributed by atoms with E-state index in [1.807, 2.05) is 17.0 Å². The number of aliphatic hydroxyl groups excluding tert-OH is 1. The van der Waals surface area contributed by atoms with E-state index in [1.54, 1.807) is 0 Å². The molecule has 4 heteroatoms. The fourth-order valence-corrected chi connectivity index (χ4v) is 5.18. The number of hydrogen-bond acceptors (Lipinski definition) is 3. The lowest BCUT2D eigenvalue weighted by Crippen LogP contribution is -2.41. The Bertz CT molecular complexity index is 803. The lowest BCUT2D eigenvalue weighted by Gasteiger charge is -2.30. The third-order valence-corrected chi connectivity index (χ3v) is 6.49. The standard InChI is InChI=1S/C22H23NO3/c24-12-15-10-16-9-14(15)11-23(16)22(25)26-13-21-19-7-3-1-5-17(19)18-6-2-4-8-20(18)21/h1-8,14-16,21,24H,9-13H2/t14-,15-,16-/m0/s1. The number of amides is 1. The highest BCUT2D eigenvalue weighted by molar-refractivity contribution is 5.79. The van der Waals surface area contributed by atoms with Crippen molar-refractivity contribution in [3.63, 3.8) is 0 Å².